The van der Waals surface area contributed by atoms with Crippen molar-refractivity contribution >= 4 is 44.9 Å². The number of carbonyl (C=O) groups excluding carboxylic acids is 1. The molecule has 3 aromatic rings. The number of aromatic nitrogens is 2. The molecular formula is C21H25N3O2S2. The van der Waals surface area contributed by atoms with Gasteiger partial charge in [0.15, 0.2) is 0 Å². The Balaban J connectivity index is 1.75. The number of nitrogens with zero attached hydrogens (tertiary/aromatic N) is 2. The zero-order valence-corrected chi connectivity index (χ0v) is 18.5. The van der Waals surface area contributed by atoms with Crippen LogP contribution >= 0.6 is 23.1 Å². The summed E-state index contributed by atoms with van der Waals surface area (Å²) in [7, 11) is 0. The third-order valence-corrected chi connectivity index (χ3v) is 7.14. The van der Waals surface area contributed by atoms with E-state index < -0.39 is 0 Å². The van der Waals surface area contributed by atoms with Crippen LogP contribution < -0.4 is 10.5 Å². The summed E-state index contributed by atoms with van der Waals surface area (Å²) < 4.78 is 0. The molecule has 0 aliphatic heterocycles. The second kappa shape index (κ2) is 8.49. The van der Waals surface area contributed by atoms with Crippen LogP contribution in [0.25, 0.3) is 10.2 Å². The lowest BCUT2D eigenvalue weighted by Crippen LogP contribution is -2.37. The Morgan fingerprint density at radius 2 is 2.00 bits per heavy atom. The number of anilines is 1. The molecule has 1 atom stereocenters. The first-order valence-electron chi connectivity index (χ1n) is 9.31. The topological polar surface area (TPSA) is 66.1 Å². The van der Waals surface area contributed by atoms with Crippen LogP contribution in [-0.2, 0) is 10.5 Å². The quantitative estimate of drug-likeness (QED) is 0.640. The number of benzene rings is 1. The van der Waals surface area contributed by atoms with Crippen LogP contribution in [0.2, 0.25) is 0 Å². The van der Waals surface area contributed by atoms with Crippen LogP contribution in [-0.4, -0.2) is 27.7 Å². The van der Waals surface area contributed by atoms with Crippen LogP contribution in [0.4, 0.5) is 5.69 Å². The molecule has 0 bridgehead atoms. The van der Waals surface area contributed by atoms with E-state index in [1.807, 2.05) is 63.8 Å². The van der Waals surface area contributed by atoms with Gasteiger partial charge in [0, 0.05) is 17.1 Å². The molecule has 0 saturated heterocycles. The molecule has 0 spiro atoms. The lowest BCUT2D eigenvalue weighted by molar-refractivity contribution is -0.117. The normalized spacial score (nSPS) is 12.3. The summed E-state index contributed by atoms with van der Waals surface area (Å²) in [5.41, 5.74) is 2.92. The predicted molar refractivity (Wildman–Crippen MR) is 120 cm³/mol. The maximum absolute atomic E-state index is 13.0. The molecule has 0 aliphatic rings. The first kappa shape index (κ1) is 20.6. The van der Waals surface area contributed by atoms with Gasteiger partial charge in [-0.05, 0) is 51.8 Å². The second-order valence-corrected chi connectivity index (χ2v) is 9.33. The van der Waals surface area contributed by atoms with Crippen molar-refractivity contribution in [2.24, 2.45) is 0 Å². The number of H-pyrrole nitrogens is 1. The van der Waals surface area contributed by atoms with Crippen LogP contribution in [0.1, 0.15) is 35.7 Å². The van der Waals surface area contributed by atoms with E-state index in [0.29, 0.717) is 23.5 Å². The maximum Gasteiger partial charge on any atom is 0.259 e. The number of hydrogen-bond donors (Lipinski definition) is 1. The number of thioether (sulfide) groups is 1. The lowest BCUT2D eigenvalue weighted by atomic mass is 10.1. The van der Waals surface area contributed by atoms with Crippen molar-refractivity contribution in [1.82, 2.24) is 9.97 Å². The summed E-state index contributed by atoms with van der Waals surface area (Å²) in [5.74, 6) is 1.16. The van der Waals surface area contributed by atoms with Crippen molar-refractivity contribution in [3.05, 3.63) is 56.4 Å². The number of hydrogen-bond acceptors (Lipinski definition) is 5. The van der Waals surface area contributed by atoms with E-state index in [4.69, 9.17) is 0 Å². The third kappa shape index (κ3) is 4.00. The Labute approximate surface area is 173 Å². The van der Waals surface area contributed by atoms with Crippen LogP contribution in [0.5, 0.6) is 0 Å². The fourth-order valence-corrected chi connectivity index (χ4v) is 5.04. The van der Waals surface area contributed by atoms with E-state index in [9.17, 15) is 9.59 Å². The Morgan fingerprint density at radius 3 is 2.68 bits per heavy atom. The highest BCUT2D eigenvalue weighted by molar-refractivity contribution is 7.99. The zero-order chi connectivity index (χ0) is 20.4. The average Bonchev–Trinajstić information content (AvgIpc) is 2.96. The van der Waals surface area contributed by atoms with E-state index >= 15 is 0 Å². The predicted octanol–water partition coefficient (Wildman–Crippen LogP) is 4.58. The average molecular weight is 416 g/mol. The number of carbonyl (C=O) groups is 1. The minimum absolute atomic E-state index is 0.0630. The molecule has 5 nitrogen and oxygen atoms in total. The van der Waals surface area contributed by atoms with Gasteiger partial charge in [0.25, 0.3) is 5.56 Å². The number of rotatable bonds is 6. The largest absolute Gasteiger partial charge is 0.311 e. The molecule has 28 heavy (non-hydrogen) atoms. The molecule has 1 N–H and O–H groups in total. The monoisotopic (exact) mass is 415 g/mol. The number of fused-ring (bicyclic) bond motifs is 1. The van der Waals surface area contributed by atoms with Gasteiger partial charge in [-0.15, -0.1) is 23.1 Å². The highest BCUT2D eigenvalue weighted by Crippen LogP contribution is 2.27. The minimum Gasteiger partial charge on any atom is -0.311 e. The Kier molecular flexibility index (Phi) is 6.25. The molecule has 2 heterocycles. The zero-order valence-electron chi connectivity index (χ0n) is 16.8. The van der Waals surface area contributed by atoms with Gasteiger partial charge in [-0.2, -0.15) is 0 Å². The first-order valence-corrected chi connectivity index (χ1v) is 11.2. The van der Waals surface area contributed by atoms with Gasteiger partial charge in [-0.1, -0.05) is 18.2 Å². The SMILES string of the molecule is CCN(C(=O)C(C)SCc1nc2sc(C)c(C)c2c(=O)[nH]1)c1ccccc1C. The van der Waals surface area contributed by atoms with Gasteiger partial charge in [0.2, 0.25) is 5.91 Å². The summed E-state index contributed by atoms with van der Waals surface area (Å²) in [5, 5.41) is 0.435. The number of amides is 1. The molecule has 3 rings (SSSR count). The van der Waals surface area contributed by atoms with E-state index in [-0.39, 0.29) is 16.7 Å². The fourth-order valence-electron chi connectivity index (χ4n) is 3.17. The number of thiophene rings is 1. The molecule has 1 amide bonds. The number of nitrogens with one attached hydrogen (secondary N) is 1. The van der Waals surface area contributed by atoms with Gasteiger partial charge in [0.1, 0.15) is 10.7 Å². The molecule has 0 saturated carbocycles. The number of aryl methyl sites for hydroxylation is 3. The van der Waals surface area contributed by atoms with Crippen molar-refractivity contribution < 1.29 is 4.79 Å². The minimum atomic E-state index is -0.243. The standard InChI is InChI=1S/C21H25N3O2S2/c1-6-24(16-10-8-7-9-12(16)2)21(26)15(5)27-11-17-22-19(25)18-13(3)14(4)28-20(18)23-17/h7-10,15H,6,11H2,1-5H3,(H,22,23,25). The molecule has 0 fully saturated rings. The van der Waals surface area contributed by atoms with Gasteiger partial charge in [0.05, 0.1) is 16.4 Å². The van der Waals surface area contributed by atoms with Crippen LogP contribution in [0.15, 0.2) is 29.1 Å². The number of para-hydroxylation sites is 1. The smallest absolute Gasteiger partial charge is 0.259 e. The summed E-state index contributed by atoms with van der Waals surface area (Å²) in [6.07, 6.45) is 0. The summed E-state index contributed by atoms with van der Waals surface area (Å²) in [6.45, 7) is 10.5. The highest BCUT2D eigenvalue weighted by atomic mass is 32.2. The molecule has 2 aromatic heterocycles. The summed E-state index contributed by atoms with van der Waals surface area (Å²) in [6, 6.07) is 7.91. The molecule has 0 aliphatic carbocycles. The fraction of sp³-hybridized carbons (Fsp3) is 0.381. The molecule has 0 radical (unpaired) electrons. The van der Waals surface area contributed by atoms with Crippen LogP contribution in [0.3, 0.4) is 0 Å². The number of aromatic amines is 1. The van der Waals surface area contributed by atoms with E-state index in [1.54, 1.807) is 0 Å². The van der Waals surface area contributed by atoms with Gasteiger partial charge in [-0.25, -0.2) is 4.98 Å². The van der Waals surface area contributed by atoms with Crippen molar-refractivity contribution in [1.29, 1.82) is 0 Å². The second-order valence-electron chi connectivity index (χ2n) is 6.80. The van der Waals surface area contributed by atoms with E-state index in [0.717, 1.165) is 26.5 Å². The third-order valence-electron chi connectivity index (χ3n) is 4.89. The Hall–Kier alpha value is -2.12. The van der Waals surface area contributed by atoms with Crippen molar-refractivity contribution in [2.45, 2.75) is 45.6 Å². The molecule has 7 heteroatoms. The molecule has 1 aromatic carbocycles. The molecular weight excluding hydrogens is 390 g/mol. The molecule has 1 unspecified atom stereocenters. The Bertz CT molecular complexity index is 1070. The summed E-state index contributed by atoms with van der Waals surface area (Å²) >= 11 is 3.03. The first-order chi connectivity index (χ1) is 13.3. The van der Waals surface area contributed by atoms with Crippen molar-refractivity contribution in [2.75, 3.05) is 11.4 Å². The van der Waals surface area contributed by atoms with E-state index in [1.165, 1.54) is 23.1 Å². The van der Waals surface area contributed by atoms with Crippen molar-refractivity contribution in [3.63, 3.8) is 0 Å². The van der Waals surface area contributed by atoms with Crippen molar-refractivity contribution in [3.8, 4) is 0 Å². The summed E-state index contributed by atoms with van der Waals surface area (Å²) in [4.78, 5) is 36.6. The highest BCUT2D eigenvalue weighted by Gasteiger charge is 2.22. The van der Waals surface area contributed by atoms with Gasteiger partial charge >= 0.3 is 0 Å². The van der Waals surface area contributed by atoms with Gasteiger partial charge in [-0.3, -0.25) is 9.59 Å². The lowest BCUT2D eigenvalue weighted by Gasteiger charge is -2.25. The van der Waals surface area contributed by atoms with Gasteiger partial charge < -0.3 is 9.88 Å². The van der Waals surface area contributed by atoms with Crippen LogP contribution in [0, 0.1) is 20.8 Å². The maximum atomic E-state index is 13.0. The van der Waals surface area contributed by atoms with E-state index in [2.05, 4.69) is 9.97 Å². The molecule has 148 valence electrons. The Morgan fingerprint density at radius 1 is 1.29 bits per heavy atom.